The first kappa shape index (κ1) is 23.4. The van der Waals surface area contributed by atoms with Crippen LogP contribution in [0.2, 0.25) is 0 Å². The van der Waals surface area contributed by atoms with E-state index in [2.05, 4.69) is 0 Å². The predicted molar refractivity (Wildman–Crippen MR) is 128 cm³/mol. The van der Waals surface area contributed by atoms with Crippen molar-refractivity contribution in [2.24, 2.45) is 5.92 Å². The van der Waals surface area contributed by atoms with Gasteiger partial charge in [-0.1, -0.05) is 18.2 Å². The molecule has 5 nitrogen and oxygen atoms in total. The van der Waals surface area contributed by atoms with E-state index in [4.69, 9.17) is 18.8 Å². The SMILES string of the molecule is CCOC(=O)C1CC1c1ccc(O[C@@H]2CCc3c(B4OC(C)(C)C(C)(C)O4)ccc(F)c32)cc1. The van der Waals surface area contributed by atoms with Gasteiger partial charge in [0.2, 0.25) is 0 Å². The lowest BCUT2D eigenvalue weighted by molar-refractivity contribution is -0.144. The number of carbonyl (C=O) groups is 1. The van der Waals surface area contributed by atoms with Crippen molar-refractivity contribution in [3.8, 4) is 5.75 Å². The minimum atomic E-state index is -0.525. The average molecular weight is 466 g/mol. The molecule has 3 aliphatic rings. The fourth-order valence-corrected chi connectivity index (χ4v) is 5.04. The van der Waals surface area contributed by atoms with Gasteiger partial charge >= 0.3 is 13.1 Å². The molecule has 2 aromatic carbocycles. The zero-order valence-electron chi connectivity index (χ0n) is 20.5. The standard InChI is InChI=1S/C27H32BFO5/c1-6-31-25(30)20-15-19(20)16-7-9-17(10-8-16)32-23-14-11-18-21(12-13-22(29)24(18)23)28-33-26(2,3)27(4,5)34-28/h7-10,12-13,19-20,23H,6,11,14-15H2,1-5H3/t19?,20?,23-/m1/s1. The molecule has 0 radical (unpaired) electrons. The third kappa shape index (κ3) is 4.03. The second-order valence-electron chi connectivity index (χ2n) is 10.5. The highest BCUT2D eigenvalue weighted by molar-refractivity contribution is 6.62. The molecule has 0 spiro atoms. The van der Waals surface area contributed by atoms with Crippen LogP contribution in [-0.2, 0) is 25.3 Å². The monoisotopic (exact) mass is 466 g/mol. The van der Waals surface area contributed by atoms with Crippen LogP contribution in [0.5, 0.6) is 5.75 Å². The van der Waals surface area contributed by atoms with Crippen LogP contribution >= 0.6 is 0 Å². The van der Waals surface area contributed by atoms with E-state index in [9.17, 15) is 9.18 Å². The molecule has 2 aromatic rings. The summed E-state index contributed by atoms with van der Waals surface area (Å²) in [5.74, 6) is 0.472. The van der Waals surface area contributed by atoms with Gasteiger partial charge in [-0.2, -0.15) is 0 Å². The maximum atomic E-state index is 15.0. The van der Waals surface area contributed by atoms with Crippen molar-refractivity contribution < 1.29 is 28.0 Å². The fourth-order valence-electron chi connectivity index (χ4n) is 5.04. The van der Waals surface area contributed by atoms with Crippen molar-refractivity contribution in [3.05, 3.63) is 58.9 Å². The van der Waals surface area contributed by atoms with Crippen molar-refractivity contribution in [1.29, 1.82) is 0 Å². The molecule has 0 aromatic heterocycles. The molecular formula is C27H32BFO5. The highest BCUT2D eigenvalue weighted by Crippen LogP contribution is 2.48. The number of ether oxygens (including phenoxy) is 2. The molecule has 0 N–H and O–H groups in total. The molecule has 5 rings (SSSR count). The van der Waals surface area contributed by atoms with E-state index in [1.54, 1.807) is 6.07 Å². The van der Waals surface area contributed by atoms with Gasteiger partial charge in [-0.05, 0) is 94.6 Å². The van der Waals surface area contributed by atoms with Crippen molar-refractivity contribution in [2.75, 3.05) is 6.61 Å². The van der Waals surface area contributed by atoms with Crippen LogP contribution in [0.4, 0.5) is 4.39 Å². The zero-order valence-corrected chi connectivity index (χ0v) is 20.5. The van der Waals surface area contributed by atoms with E-state index in [1.807, 2.05) is 58.9 Å². The molecule has 1 aliphatic heterocycles. The molecule has 0 amide bonds. The summed E-state index contributed by atoms with van der Waals surface area (Å²) < 4.78 is 38.8. The number of carbonyl (C=O) groups excluding carboxylic acids is 1. The molecule has 1 saturated carbocycles. The first-order chi connectivity index (χ1) is 16.1. The first-order valence-corrected chi connectivity index (χ1v) is 12.2. The number of hydrogen-bond acceptors (Lipinski definition) is 5. The molecule has 3 atom stereocenters. The van der Waals surface area contributed by atoms with E-state index in [0.717, 1.165) is 23.0 Å². The van der Waals surface area contributed by atoms with Gasteiger partial charge in [0.25, 0.3) is 0 Å². The summed E-state index contributed by atoms with van der Waals surface area (Å²) in [7, 11) is -0.525. The number of benzene rings is 2. The Morgan fingerprint density at radius 3 is 2.41 bits per heavy atom. The Morgan fingerprint density at radius 2 is 1.76 bits per heavy atom. The van der Waals surface area contributed by atoms with Gasteiger partial charge in [0.05, 0.1) is 23.7 Å². The Labute approximate surface area is 201 Å². The molecule has 34 heavy (non-hydrogen) atoms. The Bertz CT molecular complexity index is 1080. The number of esters is 1. The summed E-state index contributed by atoms with van der Waals surface area (Å²) in [5, 5.41) is 0. The van der Waals surface area contributed by atoms with Crippen LogP contribution in [0.25, 0.3) is 0 Å². The lowest BCUT2D eigenvalue weighted by atomic mass is 9.75. The molecule has 2 fully saturated rings. The maximum Gasteiger partial charge on any atom is 0.495 e. The van der Waals surface area contributed by atoms with Gasteiger partial charge < -0.3 is 18.8 Å². The molecule has 1 heterocycles. The lowest BCUT2D eigenvalue weighted by Crippen LogP contribution is -2.41. The van der Waals surface area contributed by atoms with Crippen LogP contribution < -0.4 is 10.2 Å². The Morgan fingerprint density at radius 1 is 1.09 bits per heavy atom. The van der Waals surface area contributed by atoms with Crippen molar-refractivity contribution in [2.45, 2.75) is 77.1 Å². The second kappa shape index (κ2) is 8.38. The van der Waals surface area contributed by atoms with E-state index in [-0.39, 0.29) is 29.7 Å². The highest BCUT2D eigenvalue weighted by Gasteiger charge is 2.53. The summed E-state index contributed by atoms with van der Waals surface area (Å²) in [6.07, 6.45) is 1.86. The lowest BCUT2D eigenvalue weighted by Gasteiger charge is -2.32. The van der Waals surface area contributed by atoms with Gasteiger partial charge in [-0.3, -0.25) is 4.79 Å². The normalized spacial score (nSPS) is 26.3. The third-order valence-electron chi connectivity index (χ3n) is 7.79. The van der Waals surface area contributed by atoms with Crippen LogP contribution in [0.3, 0.4) is 0 Å². The highest BCUT2D eigenvalue weighted by atomic mass is 19.1. The number of hydrogen-bond donors (Lipinski definition) is 0. The summed E-state index contributed by atoms with van der Waals surface area (Å²) >= 11 is 0. The summed E-state index contributed by atoms with van der Waals surface area (Å²) in [4.78, 5) is 11.9. The molecule has 0 bridgehead atoms. The smallest absolute Gasteiger partial charge is 0.486 e. The first-order valence-electron chi connectivity index (χ1n) is 12.2. The predicted octanol–water partition coefficient (Wildman–Crippen LogP) is 4.86. The quantitative estimate of drug-likeness (QED) is 0.450. The number of rotatable bonds is 6. The number of halogens is 1. The molecule has 2 aliphatic carbocycles. The largest absolute Gasteiger partial charge is 0.495 e. The Balaban J connectivity index is 1.31. The van der Waals surface area contributed by atoms with Crippen molar-refractivity contribution >= 4 is 18.6 Å². The third-order valence-corrected chi connectivity index (χ3v) is 7.79. The van der Waals surface area contributed by atoms with Gasteiger partial charge in [-0.25, -0.2) is 4.39 Å². The summed E-state index contributed by atoms with van der Waals surface area (Å²) in [6.45, 7) is 10.3. The minimum absolute atomic E-state index is 0.0454. The van der Waals surface area contributed by atoms with E-state index in [0.29, 0.717) is 30.8 Å². The molecular weight excluding hydrogens is 434 g/mol. The minimum Gasteiger partial charge on any atom is -0.486 e. The van der Waals surface area contributed by atoms with Gasteiger partial charge in [0.15, 0.2) is 0 Å². The second-order valence-corrected chi connectivity index (χ2v) is 10.5. The van der Waals surface area contributed by atoms with Gasteiger partial charge in [-0.15, -0.1) is 0 Å². The average Bonchev–Trinajstić information content (AvgIpc) is 3.41. The van der Waals surface area contributed by atoms with E-state index < -0.39 is 18.3 Å². The van der Waals surface area contributed by atoms with Crippen LogP contribution in [0.1, 0.15) is 76.2 Å². The fraction of sp³-hybridized carbons (Fsp3) is 0.519. The van der Waals surface area contributed by atoms with Gasteiger partial charge in [0.1, 0.15) is 17.7 Å². The van der Waals surface area contributed by atoms with Crippen molar-refractivity contribution in [3.63, 3.8) is 0 Å². The van der Waals surface area contributed by atoms with Crippen molar-refractivity contribution in [1.82, 2.24) is 0 Å². The zero-order chi connectivity index (χ0) is 24.3. The Hall–Kier alpha value is -2.38. The van der Waals surface area contributed by atoms with Crippen LogP contribution in [0, 0.1) is 11.7 Å². The number of fused-ring (bicyclic) bond motifs is 1. The maximum absolute atomic E-state index is 15.0. The van der Waals surface area contributed by atoms with Crippen LogP contribution in [0.15, 0.2) is 36.4 Å². The summed E-state index contributed by atoms with van der Waals surface area (Å²) in [5.41, 5.74) is 2.60. The van der Waals surface area contributed by atoms with Crippen LogP contribution in [-0.4, -0.2) is 30.9 Å². The molecule has 2 unspecified atom stereocenters. The van der Waals surface area contributed by atoms with E-state index >= 15 is 0 Å². The topological polar surface area (TPSA) is 54.0 Å². The molecule has 180 valence electrons. The summed E-state index contributed by atoms with van der Waals surface area (Å²) in [6, 6.07) is 11.1. The van der Waals surface area contributed by atoms with E-state index in [1.165, 1.54) is 6.07 Å². The van der Waals surface area contributed by atoms with Gasteiger partial charge in [0, 0.05) is 5.56 Å². The molecule has 7 heteroatoms. The Kier molecular flexibility index (Phi) is 5.76. The molecule has 1 saturated heterocycles.